The Labute approximate surface area is 226 Å². The van der Waals surface area contributed by atoms with Gasteiger partial charge in [0.15, 0.2) is 0 Å². The lowest BCUT2D eigenvalue weighted by Gasteiger charge is -2.32. The van der Waals surface area contributed by atoms with Gasteiger partial charge >= 0.3 is 0 Å². The van der Waals surface area contributed by atoms with Crippen molar-refractivity contribution in [3.05, 3.63) is 102 Å². The topological polar surface area (TPSA) is 93.3 Å². The second kappa shape index (κ2) is 10.6. The molecule has 8 nitrogen and oxygen atoms in total. The molecule has 0 unspecified atom stereocenters. The first-order chi connectivity index (χ1) is 19.1. The number of aryl methyl sites for hydroxylation is 1. The smallest absolute Gasteiger partial charge is 0.259 e. The first kappa shape index (κ1) is 24.6. The van der Waals surface area contributed by atoms with Crippen molar-refractivity contribution in [1.82, 2.24) is 19.6 Å². The molecule has 2 amide bonds. The highest BCUT2D eigenvalue weighted by Gasteiger charge is 2.29. The average molecular weight is 520 g/mol. The lowest BCUT2D eigenvalue weighted by atomic mass is 9.89. The van der Waals surface area contributed by atoms with Crippen LogP contribution in [0.15, 0.2) is 89.7 Å². The molecule has 0 spiro atoms. The van der Waals surface area contributed by atoms with E-state index in [1.54, 1.807) is 13.3 Å². The van der Waals surface area contributed by atoms with Crippen LogP contribution in [-0.4, -0.2) is 44.5 Å². The number of benzene rings is 3. The molecule has 5 aromatic rings. The molecule has 3 aromatic carbocycles. The molecular weight excluding hydrogens is 490 g/mol. The summed E-state index contributed by atoms with van der Waals surface area (Å²) in [6.07, 6.45) is 3.43. The van der Waals surface area contributed by atoms with E-state index < -0.39 is 0 Å². The molecule has 0 aliphatic carbocycles. The standard InChI is InChI=1S/C31H29N5O3/c1-21-29(30(34-39-21)24-7-3-2-4-8-24)31(38)35-17-15-23(16-18-35)22-11-13-25(14-12-22)33-28(37)19-36-20-32-26-9-5-6-10-27(26)36/h2-14,20,23H,15-19H2,1H3,(H,33,37). The van der Waals surface area contributed by atoms with Crippen molar-refractivity contribution in [2.75, 3.05) is 18.4 Å². The number of imidazole rings is 1. The number of nitrogens with zero attached hydrogens (tertiary/aromatic N) is 4. The highest BCUT2D eigenvalue weighted by Crippen LogP contribution is 2.32. The number of carbonyl (C=O) groups is 2. The van der Waals surface area contributed by atoms with Crippen LogP contribution in [0, 0.1) is 6.92 Å². The number of piperidine rings is 1. The summed E-state index contributed by atoms with van der Waals surface area (Å²) in [7, 11) is 0. The average Bonchev–Trinajstić information content (AvgIpc) is 3.57. The van der Waals surface area contributed by atoms with E-state index in [9.17, 15) is 9.59 Å². The Kier molecular flexibility index (Phi) is 6.67. The van der Waals surface area contributed by atoms with E-state index in [2.05, 4.69) is 27.6 Å². The molecule has 2 aromatic heterocycles. The lowest BCUT2D eigenvalue weighted by molar-refractivity contribution is -0.116. The van der Waals surface area contributed by atoms with E-state index in [1.165, 1.54) is 5.56 Å². The van der Waals surface area contributed by atoms with Gasteiger partial charge in [-0.2, -0.15) is 0 Å². The Bertz CT molecular complexity index is 1610. The molecule has 0 saturated carbocycles. The molecule has 1 saturated heterocycles. The zero-order chi connectivity index (χ0) is 26.8. The summed E-state index contributed by atoms with van der Waals surface area (Å²) in [6, 6.07) is 25.5. The van der Waals surface area contributed by atoms with Crippen LogP contribution in [0.3, 0.4) is 0 Å². The van der Waals surface area contributed by atoms with Crippen molar-refractivity contribution in [2.24, 2.45) is 0 Å². The number of amides is 2. The van der Waals surface area contributed by atoms with Crippen molar-refractivity contribution in [2.45, 2.75) is 32.2 Å². The Morgan fingerprint density at radius 2 is 1.67 bits per heavy atom. The molecule has 196 valence electrons. The van der Waals surface area contributed by atoms with Gasteiger partial charge in [-0.15, -0.1) is 0 Å². The number of para-hydroxylation sites is 2. The third kappa shape index (κ3) is 5.05. The molecule has 0 radical (unpaired) electrons. The number of aromatic nitrogens is 3. The van der Waals surface area contributed by atoms with Gasteiger partial charge in [-0.1, -0.05) is 59.8 Å². The van der Waals surface area contributed by atoms with E-state index >= 15 is 0 Å². The van der Waals surface area contributed by atoms with Crippen molar-refractivity contribution in [1.29, 1.82) is 0 Å². The maximum absolute atomic E-state index is 13.4. The van der Waals surface area contributed by atoms with Gasteiger partial charge in [0.05, 0.1) is 17.4 Å². The van der Waals surface area contributed by atoms with E-state index in [0.717, 1.165) is 35.1 Å². The summed E-state index contributed by atoms with van der Waals surface area (Å²) in [5, 5.41) is 7.15. The predicted octanol–water partition coefficient (Wildman–Crippen LogP) is 5.66. The van der Waals surface area contributed by atoms with Crippen LogP contribution in [0.1, 0.15) is 40.4 Å². The third-order valence-corrected chi connectivity index (χ3v) is 7.41. The van der Waals surface area contributed by atoms with Gasteiger partial charge in [0.25, 0.3) is 5.91 Å². The maximum atomic E-state index is 13.4. The van der Waals surface area contributed by atoms with Crippen LogP contribution in [-0.2, 0) is 11.3 Å². The minimum atomic E-state index is -0.100. The Morgan fingerprint density at radius 3 is 2.44 bits per heavy atom. The second-order valence-electron chi connectivity index (χ2n) is 9.93. The van der Waals surface area contributed by atoms with Crippen molar-refractivity contribution in [3.63, 3.8) is 0 Å². The van der Waals surface area contributed by atoms with Crippen LogP contribution < -0.4 is 5.32 Å². The zero-order valence-corrected chi connectivity index (χ0v) is 21.7. The van der Waals surface area contributed by atoms with Crippen LogP contribution >= 0.6 is 0 Å². The number of hydrogen-bond donors (Lipinski definition) is 1. The van der Waals surface area contributed by atoms with Gasteiger partial charge in [-0.3, -0.25) is 9.59 Å². The SMILES string of the molecule is Cc1onc(-c2ccccc2)c1C(=O)N1CCC(c2ccc(NC(=O)Cn3cnc4ccccc43)cc2)CC1. The predicted molar refractivity (Wildman–Crippen MR) is 149 cm³/mol. The first-order valence-corrected chi connectivity index (χ1v) is 13.2. The first-order valence-electron chi connectivity index (χ1n) is 13.2. The summed E-state index contributed by atoms with van der Waals surface area (Å²) < 4.78 is 7.25. The van der Waals surface area contributed by atoms with E-state index in [4.69, 9.17) is 4.52 Å². The van der Waals surface area contributed by atoms with Crippen molar-refractivity contribution < 1.29 is 14.1 Å². The highest BCUT2D eigenvalue weighted by atomic mass is 16.5. The van der Waals surface area contributed by atoms with Crippen LogP contribution in [0.25, 0.3) is 22.3 Å². The van der Waals surface area contributed by atoms with Gasteiger partial charge in [-0.25, -0.2) is 4.98 Å². The highest BCUT2D eigenvalue weighted by molar-refractivity contribution is 6.00. The maximum Gasteiger partial charge on any atom is 0.259 e. The summed E-state index contributed by atoms with van der Waals surface area (Å²) >= 11 is 0. The number of rotatable bonds is 6. The number of likely N-dealkylation sites (tertiary alicyclic amines) is 1. The molecule has 6 rings (SSSR count). The molecule has 39 heavy (non-hydrogen) atoms. The van der Waals surface area contributed by atoms with Gasteiger partial charge in [-0.05, 0) is 55.5 Å². The molecule has 1 fully saturated rings. The fraction of sp³-hybridized carbons (Fsp3) is 0.226. The summed E-state index contributed by atoms with van der Waals surface area (Å²) in [5.41, 5.74) is 5.79. The molecule has 1 aliphatic heterocycles. The van der Waals surface area contributed by atoms with Gasteiger partial charge < -0.3 is 19.3 Å². The van der Waals surface area contributed by atoms with E-state index in [1.807, 2.05) is 76.2 Å². The minimum absolute atomic E-state index is 0.0326. The zero-order valence-electron chi connectivity index (χ0n) is 21.7. The molecule has 0 atom stereocenters. The molecule has 0 bridgehead atoms. The number of carbonyl (C=O) groups excluding carboxylic acids is 2. The Morgan fingerprint density at radius 1 is 0.949 bits per heavy atom. The summed E-state index contributed by atoms with van der Waals surface area (Å²) in [4.78, 5) is 32.3. The third-order valence-electron chi connectivity index (χ3n) is 7.41. The fourth-order valence-electron chi connectivity index (χ4n) is 5.32. The minimum Gasteiger partial charge on any atom is -0.360 e. The summed E-state index contributed by atoms with van der Waals surface area (Å²) in [6.45, 7) is 3.32. The quantitative estimate of drug-likeness (QED) is 0.313. The monoisotopic (exact) mass is 519 g/mol. The normalized spacial score (nSPS) is 14.0. The number of fused-ring (bicyclic) bond motifs is 1. The molecule has 8 heteroatoms. The van der Waals surface area contributed by atoms with Crippen molar-refractivity contribution in [3.8, 4) is 11.3 Å². The Balaban J connectivity index is 1.06. The van der Waals surface area contributed by atoms with Crippen LogP contribution in [0.4, 0.5) is 5.69 Å². The number of anilines is 1. The van der Waals surface area contributed by atoms with Crippen LogP contribution in [0.5, 0.6) is 0 Å². The van der Waals surface area contributed by atoms with E-state index in [-0.39, 0.29) is 18.4 Å². The Hall–Kier alpha value is -4.72. The van der Waals surface area contributed by atoms with E-state index in [0.29, 0.717) is 36.0 Å². The molecule has 1 aliphatic rings. The number of nitrogens with one attached hydrogen (secondary N) is 1. The second-order valence-corrected chi connectivity index (χ2v) is 9.93. The lowest BCUT2D eigenvalue weighted by Crippen LogP contribution is -2.38. The van der Waals surface area contributed by atoms with Gasteiger partial charge in [0.1, 0.15) is 23.6 Å². The summed E-state index contributed by atoms with van der Waals surface area (Å²) in [5.74, 6) is 0.763. The number of hydrogen-bond acceptors (Lipinski definition) is 5. The molecule has 1 N–H and O–H groups in total. The van der Waals surface area contributed by atoms with Gasteiger partial charge in [0.2, 0.25) is 5.91 Å². The van der Waals surface area contributed by atoms with Gasteiger partial charge in [0, 0.05) is 24.3 Å². The largest absolute Gasteiger partial charge is 0.360 e. The fourth-order valence-corrected chi connectivity index (χ4v) is 5.32. The molecule has 3 heterocycles. The van der Waals surface area contributed by atoms with Crippen LogP contribution in [0.2, 0.25) is 0 Å². The molecular formula is C31H29N5O3. The van der Waals surface area contributed by atoms with Crippen molar-refractivity contribution >= 4 is 28.5 Å².